The van der Waals surface area contributed by atoms with E-state index in [1.165, 1.54) is 0 Å². The molecule has 0 aliphatic carbocycles. The molecule has 5 nitrogen and oxygen atoms in total. The van der Waals surface area contributed by atoms with Gasteiger partial charge >= 0.3 is 0 Å². The standard InChI is InChI=1S/C11H9BN4O/c12-5-1-7-6-2-8(10(13)17)14-4-9(6)16-11(7)15-3-5/h1-4H,12H2,(H2,13,17)(H,15,16). The van der Waals surface area contributed by atoms with Crippen LogP contribution in [0.25, 0.3) is 21.9 Å². The molecule has 3 heterocycles. The summed E-state index contributed by atoms with van der Waals surface area (Å²) >= 11 is 0. The Labute approximate surface area is 97.5 Å². The number of pyridine rings is 2. The maximum absolute atomic E-state index is 11.1. The fourth-order valence-electron chi connectivity index (χ4n) is 1.91. The molecule has 0 atom stereocenters. The average Bonchev–Trinajstić information content (AvgIpc) is 2.66. The highest BCUT2D eigenvalue weighted by Crippen LogP contribution is 2.22. The van der Waals surface area contributed by atoms with Gasteiger partial charge in [-0.1, -0.05) is 11.5 Å². The molecule has 0 aliphatic rings. The van der Waals surface area contributed by atoms with Crippen molar-refractivity contribution < 1.29 is 4.79 Å². The molecule has 0 saturated carbocycles. The second-order valence-corrected chi connectivity index (χ2v) is 4.01. The lowest BCUT2D eigenvalue weighted by Gasteiger charge is -1.95. The Bertz CT molecular complexity index is 750. The van der Waals surface area contributed by atoms with Crippen LogP contribution in [0.3, 0.4) is 0 Å². The SMILES string of the molecule is Bc1cnc2[nH]c3cnc(C(N)=O)cc3c2c1. The number of H-pyrrole nitrogens is 1. The number of rotatable bonds is 1. The van der Waals surface area contributed by atoms with Crippen LogP contribution in [0, 0.1) is 0 Å². The maximum atomic E-state index is 11.1. The molecule has 0 saturated heterocycles. The zero-order chi connectivity index (χ0) is 12.0. The van der Waals surface area contributed by atoms with E-state index in [0.717, 1.165) is 27.4 Å². The van der Waals surface area contributed by atoms with Gasteiger partial charge < -0.3 is 10.7 Å². The van der Waals surface area contributed by atoms with E-state index in [1.807, 2.05) is 13.9 Å². The zero-order valence-corrected chi connectivity index (χ0v) is 9.19. The fourth-order valence-corrected chi connectivity index (χ4v) is 1.91. The number of nitrogens with zero attached hydrogens (tertiary/aromatic N) is 2. The lowest BCUT2D eigenvalue weighted by Crippen LogP contribution is -2.12. The van der Waals surface area contributed by atoms with Gasteiger partial charge in [-0.2, -0.15) is 0 Å². The summed E-state index contributed by atoms with van der Waals surface area (Å²) in [6, 6.07) is 3.71. The summed E-state index contributed by atoms with van der Waals surface area (Å²) in [6.45, 7) is 0. The number of primary amides is 1. The number of amides is 1. The van der Waals surface area contributed by atoms with Gasteiger partial charge in [0, 0.05) is 17.0 Å². The Balaban J connectivity index is 2.43. The Kier molecular flexibility index (Phi) is 1.92. The van der Waals surface area contributed by atoms with E-state index in [1.54, 1.807) is 18.5 Å². The first-order valence-electron chi connectivity index (χ1n) is 5.19. The highest BCUT2D eigenvalue weighted by Gasteiger charge is 2.09. The van der Waals surface area contributed by atoms with Crippen LogP contribution in [0.2, 0.25) is 0 Å². The number of nitrogens with two attached hydrogens (primary N) is 1. The van der Waals surface area contributed by atoms with E-state index >= 15 is 0 Å². The molecule has 0 bridgehead atoms. The number of carbonyl (C=O) groups is 1. The third kappa shape index (κ3) is 1.45. The van der Waals surface area contributed by atoms with Crippen LogP contribution in [0.4, 0.5) is 0 Å². The van der Waals surface area contributed by atoms with Gasteiger partial charge in [0.2, 0.25) is 0 Å². The maximum Gasteiger partial charge on any atom is 0.267 e. The molecule has 17 heavy (non-hydrogen) atoms. The molecule has 0 fully saturated rings. The van der Waals surface area contributed by atoms with Gasteiger partial charge in [0.25, 0.3) is 5.91 Å². The largest absolute Gasteiger partial charge is 0.364 e. The van der Waals surface area contributed by atoms with Crippen LogP contribution in [0.5, 0.6) is 0 Å². The molecule has 0 radical (unpaired) electrons. The number of hydrogen-bond donors (Lipinski definition) is 2. The summed E-state index contributed by atoms with van der Waals surface area (Å²) in [7, 11) is 1.97. The van der Waals surface area contributed by atoms with Crippen molar-refractivity contribution in [1.29, 1.82) is 0 Å². The van der Waals surface area contributed by atoms with E-state index in [9.17, 15) is 4.79 Å². The lowest BCUT2D eigenvalue weighted by atomic mass is 9.97. The molecule has 3 aromatic rings. The third-order valence-electron chi connectivity index (χ3n) is 2.72. The molecule has 0 spiro atoms. The third-order valence-corrected chi connectivity index (χ3v) is 2.72. The number of carbonyl (C=O) groups excluding carboxylic acids is 1. The molecule has 0 aliphatic heterocycles. The van der Waals surface area contributed by atoms with Crippen molar-refractivity contribution in [2.24, 2.45) is 5.73 Å². The second-order valence-electron chi connectivity index (χ2n) is 4.01. The van der Waals surface area contributed by atoms with Crippen LogP contribution in [0.15, 0.2) is 24.5 Å². The summed E-state index contributed by atoms with van der Waals surface area (Å²) in [5.74, 6) is -0.526. The van der Waals surface area contributed by atoms with Crippen LogP contribution in [0.1, 0.15) is 10.5 Å². The highest BCUT2D eigenvalue weighted by molar-refractivity contribution is 6.33. The van der Waals surface area contributed by atoms with Crippen LogP contribution < -0.4 is 11.2 Å². The molecule has 3 aromatic heterocycles. The molecular formula is C11H9BN4O. The summed E-state index contributed by atoms with van der Waals surface area (Å²) in [4.78, 5) is 22.5. The van der Waals surface area contributed by atoms with Gasteiger partial charge in [0.05, 0.1) is 11.7 Å². The predicted molar refractivity (Wildman–Crippen MR) is 68.1 cm³/mol. The molecule has 3 N–H and O–H groups in total. The Morgan fingerprint density at radius 3 is 2.82 bits per heavy atom. The molecule has 0 unspecified atom stereocenters. The van der Waals surface area contributed by atoms with Gasteiger partial charge in [-0.25, -0.2) is 9.97 Å². The average molecular weight is 224 g/mol. The van der Waals surface area contributed by atoms with E-state index in [2.05, 4.69) is 15.0 Å². The van der Waals surface area contributed by atoms with Crippen molar-refractivity contribution in [2.45, 2.75) is 0 Å². The Hall–Kier alpha value is -2.37. The first kappa shape index (κ1) is 9.83. The summed E-state index contributed by atoms with van der Waals surface area (Å²) in [6.07, 6.45) is 3.40. The van der Waals surface area contributed by atoms with Crippen molar-refractivity contribution >= 4 is 41.2 Å². The van der Waals surface area contributed by atoms with Crippen LogP contribution in [-0.4, -0.2) is 28.7 Å². The smallest absolute Gasteiger partial charge is 0.267 e. The van der Waals surface area contributed by atoms with Gasteiger partial charge in [-0.15, -0.1) is 0 Å². The molecular weight excluding hydrogens is 215 g/mol. The van der Waals surface area contributed by atoms with E-state index < -0.39 is 5.91 Å². The molecule has 82 valence electrons. The van der Waals surface area contributed by atoms with Crippen molar-refractivity contribution in [3.05, 3.63) is 30.2 Å². The van der Waals surface area contributed by atoms with Crippen molar-refractivity contribution in [1.82, 2.24) is 15.0 Å². The highest BCUT2D eigenvalue weighted by atomic mass is 16.1. The predicted octanol–water partition coefficient (Wildman–Crippen LogP) is -0.532. The van der Waals surface area contributed by atoms with Crippen molar-refractivity contribution in [3.63, 3.8) is 0 Å². The zero-order valence-electron chi connectivity index (χ0n) is 9.19. The van der Waals surface area contributed by atoms with Gasteiger partial charge in [-0.05, 0) is 6.07 Å². The normalized spacial score (nSPS) is 11.1. The Morgan fingerprint density at radius 2 is 2.06 bits per heavy atom. The first-order valence-corrected chi connectivity index (χ1v) is 5.19. The van der Waals surface area contributed by atoms with Gasteiger partial charge in [-0.3, -0.25) is 4.79 Å². The minimum Gasteiger partial charge on any atom is -0.364 e. The number of aromatic amines is 1. The summed E-state index contributed by atoms with van der Waals surface area (Å²) < 4.78 is 0. The number of aromatic nitrogens is 3. The topological polar surface area (TPSA) is 84.7 Å². The first-order chi connectivity index (χ1) is 8.15. The van der Waals surface area contributed by atoms with Crippen LogP contribution >= 0.6 is 0 Å². The number of fused-ring (bicyclic) bond motifs is 3. The quantitative estimate of drug-likeness (QED) is 0.545. The number of nitrogens with one attached hydrogen (secondary N) is 1. The monoisotopic (exact) mass is 224 g/mol. The van der Waals surface area contributed by atoms with E-state index in [4.69, 9.17) is 5.73 Å². The molecule has 0 aromatic carbocycles. The molecule has 1 amide bonds. The van der Waals surface area contributed by atoms with Gasteiger partial charge in [0.1, 0.15) is 19.2 Å². The second kappa shape index (κ2) is 3.31. The summed E-state index contributed by atoms with van der Waals surface area (Å²) in [5.41, 5.74) is 8.19. The van der Waals surface area contributed by atoms with E-state index in [0.29, 0.717) is 0 Å². The minimum atomic E-state index is -0.526. The van der Waals surface area contributed by atoms with Crippen LogP contribution in [-0.2, 0) is 0 Å². The van der Waals surface area contributed by atoms with Crippen molar-refractivity contribution in [3.8, 4) is 0 Å². The Morgan fingerprint density at radius 1 is 1.24 bits per heavy atom. The minimum absolute atomic E-state index is 0.264. The molecule has 6 heteroatoms. The lowest BCUT2D eigenvalue weighted by molar-refractivity contribution is 0.0996. The van der Waals surface area contributed by atoms with Gasteiger partial charge in [0.15, 0.2) is 0 Å². The van der Waals surface area contributed by atoms with E-state index in [-0.39, 0.29) is 5.69 Å². The van der Waals surface area contributed by atoms with Crippen molar-refractivity contribution in [2.75, 3.05) is 0 Å². The molecule has 3 rings (SSSR count). The fraction of sp³-hybridized carbons (Fsp3) is 0. The summed E-state index contributed by atoms with van der Waals surface area (Å²) in [5, 5.41) is 1.89. The number of hydrogen-bond acceptors (Lipinski definition) is 3.